The van der Waals surface area contributed by atoms with E-state index in [0.29, 0.717) is 27.6 Å². The van der Waals surface area contributed by atoms with Gasteiger partial charge in [-0.25, -0.2) is 9.79 Å². The van der Waals surface area contributed by atoms with Gasteiger partial charge in [-0.15, -0.1) is 0 Å². The van der Waals surface area contributed by atoms with Gasteiger partial charge >= 0.3 is 11.7 Å². The highest BCUT2D eigenvalue weighted by Gasteiger charge is 2.35. The number of allylic oxidation sites excluding steroid dienone is 1. The zero-order valence-corrected chi connectivity index (χ0v) is 21.2. The van der Waals surface area contributed by atoms with E-state index in [-0.39, 0.29) is 22.3 Å². The van der Waals surface area contributed by atoms with Crippen molar-refractivity contribution >= 4 is 29.1 Å². The molecule has 2 heterocycles. The third kappa shape index (κ3) is 4.58. The Balaban J connectivity index is 2.03. The fourth-order valence-corrected chi connectivity index (χ4v) is 5.13. The van der Waals surface area contributed by atoms with Crippen molar-refractivity contribution in [1.29, 1.82) is 0 Å². The summed E-state index contributed by atoms with van der Waals surface area (Å²) in [5, 5.41) is 21.6. The number of thiazole rings is 1. The average Bonchev–Trinajstić information content (AvgIpc) is 3.18. The van der Waals surface area contributed by atoms with Crippen molar-refractivity contribution in [3.63, 3.8) is 0 Å². The number of nitro benzene ring substituents is 1. The van der Waals surface area contributed by atoms with E-state index in [4.69, 9.17) is 14.2 Å². The molecule has 0 radical (unpaired) electrons. The number of esters is 1. The number of phenolic OH excluding ortho intramolecular Hbond substituents is 1. The summed E-state index contributed by atoms with van der Waals surface area (Å²) in [5.74, 6) is -0.303. The molecule has 0 saturated heterocycles. The van der Waals surface area contributed by atoms with Crippen LogP contribution in [-0.4, -0.2) is 41.4 Å². The molecule has 1 N–H and O–H groups in total. The molecular weight excluding hydrogens is 502 g/mol. The van der Waals surface area contributed by atoms with E-state index in [1.54, 1.807) is 32.0 Å². The number of carbonyl (C=O) groups is 1. The van der Waals surface area contributed by atoms with E-state index in [2.05, 4.69) is 4.99 Å². The second-order valence-electron chi connectivity index (χ2n) is 7.88. The molecule has 0 bridgehead atoms. The minimum absolute atomic E-state index is 0.0938. The molecular formula is C25H23N3O8S. The minimum Gasteiger partial charge on any atom is -0.502 e. The molecule has 11 nitrogen and oxygen atoms in total. The summed E-state index contributed by atoms with van der Waals surface area (Å²) in [6.45, 7) is 3.44. The van der Waals surface area contributed by atoms with Gasteiger partial charge in [0, 0.05) is 17.2 Å². The van der Waals surface area contributed by atoms with Gasteiger partial charge in [-0.2, -0.15) is 0 Å². The number of ether oxygens (including phenoxy) is 3. The number of carbonyl (C=O) groups excluding carboxylic acids is 1. The molecule has 2 aromatic carbocycles. The monoisotopic (exact) mass is 525 g/mol. The van der Waals surface area contributed by atoms with E-state index >= 15 is 0 Å². The summed E-state index contributed by atoms with van der Waals surface area (Å²) < 4.78 is 17.7. The standard InChI is InChI=1S/C25H23N3O8S/c1-5-36-24(31)20-13(2)26-25-27(21(20)16-12-15(34-3)9-10-18(16)35-4)23(30)19(37-25)11-14-7-6-8-17(22(14)29)28(32)33/h6-12,21,29H,5H2,1-4H3/b19-11+/t21-/m1/s1. The van der Waals surface area contributed by atoms with Gasteiger partial charge in [-0.3, -0.25) is 19.5 Å². The Kier molecular flexibility index (Phi) is 7.11. The first-order chi connectivity index (χ1) is 17.7. The number of fused-ring (bicyclic) bond motifs is 1. The maximum atomic E-state index is 13.7. The lowest BCUT2D eigenvalue weighted by Crippen LogP contribution is -2.40. The average molecular weight is 526 g/mol. The van der Waals surface area contributed by atoms with E-state index in [9.17, 15) is 24.8 Å². The van der Waals surface area contributed by atoms with E-state index in [0.717, 1.165) is 17.4 Å². The van der Waals surface area contributed by atoms with Crippen LogP contribution in [0, 0.1) is 10.1 Å². The van der Waals surface area contributed by atoms with Crippen LogP contribution in [0.15, 0.2) is 57.5 Å². The van der Waals surface area contributed by atoms with Gasteiger partial charge < -0.3 is 19.3 Å². The molecule has 1 aliphatic rings. The molecule has 3 aromatic rings. The minimum atomic E-state index is -0.957. The molecule has 0 unspecified atom stereocenters. The predicted molar refractivity (Wildman–Crippen MR) is 135 cm³/mol. The highest BCUT2D eigenvalue weighted by molar-refractivity contribution is 7.07. The van der Waals surface area contributed by atoms with Crippen LogP contribution in [0.1, 0.15) is 31.0 Å². The number of phenols is 1. The number of nitrogens with zero attached hydrogens (tertiary/aromatic N) is 3. The van der Waals surface area contributed by atoms with E-state index in [1.165, 1.54) is 37.0 Å². The Morgan fingerprint density at radius 1 is 1.27 bits per heavy atom. The van der Waals surface area contributed by atoms with Crippen LogP contribution in [-0.2, 0) is 9.53 Å². The number of aromatic hydroxyl groups is 1. The Bertz CT molecular complexity index is 1620. The number of para-hydroxylation sites is 1. The zero-order chi connectivity index (χ0) is 26.9. The molecule has 1 aromatic heterocycles. The van der Waals surface area contributed by atoms with Crippen LogP contribution >= 0.6 is 11.3 Å². The lowest BCUT2D eigenvalue weighted by molar-refractivity contribution is -0.385. The normalized spacial score (nSPS) is 15.1. The number of benzene rings is 2. The quantitative estimate of drug-likeness (QED) is 0.282. The van der Waals surface area contributed by atoms with Crippen LogP contribution in [0.4, 0.5) is 5.69 Å². The summed E-state index contributed by atoms with van der Waals surface area (Å²) in [5.41, 5.74) is 0.0889. The Morgan fingerprint density at radius 2 is 2.03 bits per heavy atom. The molecule has 192 valence electrons. The molecule has 37 heavy (non-hydrogen) atoms. The van der Waals surface area contributed by atoms with Gasteiger partial charge in [0.15, 0.2) is 4.80 Å². The van der Waals surface area contributed by atoms with Gasteiger partial charge in [0.1, 0.15) is 17.5 Å². The van der Waals surface area contributed by atoms with Crippen LogP contribution in [0.3, 0.4) is 0 Å². The molecule has 0 spiro atoms. The molecule has 0 aliphatic carbocycles. The number of rotatable bonds is 7. The molecule has 0 amide bonds. The van der Waals surface area contributed by atoms with Crippen molar-refractivity contribution in [3.05, 3.63) is 88.6 Å². The molecule has 4 rings (SSSR count). The number of aromatic nitrogens is 1. The molecule has 12 heteroatoms. The second-order valence-corrected chi connectivity index (χ2v) is 8.89. The highest BCUT2D eigenvalue weighted by atomic mass is 32.1. The van der Waals surface area contributed by atoms with Crippen molar-refractivity contribution in [2.75, 3.05) is 20.8 Å². The van der Waals surface area contributed by atoms with Gasteiger partial charge in [0.05, 0.1) is 41.6 Å². The third-order valence-corrected chi connectivity index (χ3v) is 6.76. The third-order valence-electron chi connectivity index (χ3n) is 5.78. The first kappa shape index (κ1) is 25.6. The lowest BCUT2D eigenvalue weighted by Gasteiger charge is -2.26. The summed E-state index contributed by atoms with van der Waals surface area (Å²) in [6, 6.07) is 8.11. The van der Waals surface area contributed by atoms with Crippen molar-refractivity contribution < 1.29 is 29.0 Å². The Labute approximate surface area is 214 Å². The van der Waals surface area contributed by atoms with Crippen molar-refractivity contribution in [2.24, 2.45) is 4.99 Å². The van der Waals surface area contributed by atoms with Gasteiger partial charge in [-0.05, 0) is 38.1 Å². The molecule has 1 aliphatic heterocycles. The summed E-state index contributed by atoms with van der Waals surface area (Å²) in [6.07, 6.45) is 1.36. The second kappa shape index (κ2) is 10.3. The molecule has 0 fully saturated rings. The number of hydrogen-bond acceptors (Lipinski definition) is 10. The van der Waals surface area contributed by atoms with Gasteiger partial charge in [0.25, 0.3) is 5.56 Å². The number of nitro groups is 1. The Morgan fingerprint density at radius 3 is 2.68 bits per heavy atom. The van der Waals surface area contributed by atoms with Crippen LogP contribution in [0.2, 0.25) is 0 Å². The lowest BCUT2D eigenvalue weighted by atomic mass is 9.94. The van der Waals surface area contributed by atoms with E-state index < -0.39 is 33.9 Å². The smallest absolute Gasteiger partial charge is 0.338 e. The Hall–Kier alpha value is -4.45. The largest absolute Gasteiger partial charge is 0.502 e. The fraction of sp³-hybridized carbons (Fsp3) is 0.240. The summed E-state index contributed by atoms with van der Waals surface area (Å²) in [4.78, 5) is 42.1. The fourth-order valence-electron chi connectivity index (χ4n) is 4.09. The molecule has 1 atom stereocenters. The van der Waals surface area contributed by atoms with Crippen molar-refractivity contribution in [3.8, 4) is 17.2 Å². The zero-order valence-electron chi connectivity index (χ0n) is 20.4. The first-order valence-electron chi connectivity index (χ1n) is 11.1. The predicted octanol–water partition coefficient (Wildman–Crippen LogP) is 2.43. The first-order valence-corrected chi connectivity index (χ1v) is 11.9. The highest BCUT2D eigenvalue weighted by Crippen LogP contribution is 2.38. The van der Waals surface area contributed by atoms with Crippen molar-refractivity contribution in [2.45, 2.75) is 19.9 Å². The topological polar surface area (TPSA) is 142 Å². The van der Waals surface area contributed by atoms with Crippen LogP contribution in [0.25, 0.3) is 6.08 Å². The van der Waals surface area contributed by atoms with Crippen molar-refractivity contribution in [1.82, 2.24) is 4.57 Å². The van der Waals surface area contributed by atoms with Crippen LogP contribution < -0.4 is 24.4 Å². The number of hydrogen-bond donors (Lipinski definition) is 1. The maximum absolute atomic E-state index is 13.7. The molecule has 0 saturated carbocycles. The number of methoxy groups -OCH3 is 2. The SMILES string of the molecule is CCOC(=O)C1=C(C)N=c2s/c(=C/c3cccc([N+](=O)[O-])c3O)c(=O)n2[C@@H]1c1cc(OC)ccc1OC. The van der Waals surface area contributed by atoms with Gasteiger partial charge in [-0.1, -0.05) is 23.5 Å². The van der Waals surface area contributed by atoms with E-state index in [1.807, 2.05) is 0 Å². The summed E-state index contributed by atoms with van der Waals surface area (Å²) >= 11 is 1.02. The van der Waals surface area contributed by atoms with Gasteiger partial charge in [0.2, 0.25) is 5.75 Å². The maximum Gasteiger partial charge on any atom is 0.338 e. The van der Waals surface area contributed by atoms with Crippen LogP contribution in [0.5, 0.6) is 17.2 Å². The summed E-state index contributed by atoms with van der Waals surface area (Å²) in [7, 11) is 2.97.